The van der Waals surface area contributed by atoms with Crippen LogP contribution in [-0.4, -0.2) is 16.4 Å². The van der Waals surface area contributed by atoms with Crippen molar-refractivity contribution in [2.75, 3.05) is 0 Å². The molecule has 1 aromatic heterocycles. The van der Waals surface area contributed by atoms with E-state index in [1.165, 1.54) is 0 Å². The Balaban J connectivity index is 1.89. The minimum atomic E-state index is 0.709. The van der Waals surface area contributed by atoms with Crippen molar-refractivity contribution in [3.05, 3.63) is 70.5 Å². The normalized spacial score (nSPS) is 11.3. The van der Waals surface area contributed by atoms with Crippen molar-refractivity contribution in [2.45, 2.75) is 23.6 Å². The van der Waals surface area contributed by atoms with Gasteiger partial charge >= 0.3 is 0 Å². The third-order valence-electron chi connectivity index (χ3n) is 3.34. The van der Waals surface area contributed by atoms with Gasteiger partial charge in [0.25, 0.3) is 0 Å². The Kier molecular flexibility index (Phi) is 4.84. The number of rotatable bonds is 4. The minimum Gasteiger partial charge on any atom is -0.281 e. The van der Waals surface area contributed by atoms with Crippen LogP contribution < -0.4 is 0 Å². The van der Waals surface area contributed by atoms with Crippen molar-refractivity contribution in [3.63, 3.8) is 0 Å². The molecule has 0 unspecified atom stereocenters. The van der Waals surface area contributed by atoms with Crippen LogP contribution in [0.5, 0.6) is 0 Å². The molecule has 0 aliphatic heterocycles. The van der Waals surface area contributed by atoms with Gasteiger partial charge in [0.1, 0.15) is 0 Å². The van der Waals surface area contributed by atoms with Crippen LogP contribution in [0.15, 0.2) is 63.3 Å². The summed E-state index contributed by atoms with van der Waals surface area (Å²) in [6, 6.07) is 15.7. The van der Waals surface area contributed by atoms with E-state index in [1.54, 1.807) is 11.8 Å². The monoisotopic (exact) mass is 341 g/mol. The van der Waals surface area contributed by atoms with Gasteiger partial charge in [-0.1, -0.05) is 47.6 Å². The van der Waals surface area contributed by atoms with E-state index in [0.717, 1.165) is 32.4 Å². The summed E-state index contributed by atoms with van der Waals surface area (Å²) in [5.74, 6) is 0. The highest BCUT2D eigenvalue weighted by atomic mass is 35.5. The highest BCUT2D eigenvalue weighted by molar-refractivity contribution is 7.99. The van der Waals surface area contributed by atoms with E-state index < -0.39 is 0 Å². The third kappa shape index (κ3) is 3.84. The smallest absolute Gasteiger partial charge is 0.0769 e. The maximum Gasteiger partial charge on any atom is 0.0769 e. The average molecular weight is 342 g/mol. The lowest BCUT2D eigenvalue weighted by Crippen LogP contribution is -1.82. The SMILES string of the molecule is Cc1n[nH]c(C)c1Sc1ccccc1N=Cc1cccc(Cl)c1. The fraction of sp³-hybridized carbons (Fsp3) is 0.111. The molecule has 0 radical (unpaired) electrons. The number of nitrogens with zero attached hydrogens (tertiary/aromatic N) is 2. The van der Waals surface area contributed by atoms with Gasteiger partial charge in [-0.2, -0.15) is 5.10 Å². The molecule has 3 rings (SSSR count). The zero-order chi connectivity index (χ0) is 16.2. The van der Waals surface area contributed by atoms with Crippen LogP contribution in [-0.2, 0) is 0 Å². The van der Waals surface area contributed by atoms with E-state index in [1.807, 2.05) is 62.5 Å². The number of nitrogens with one attached hydrogen (secondary N) is 1. The summed E-state index contributed by atoms with van der Waals surface area (Å²) < 4.78 is 0. The Morgan fingerprint density at radius 1 is 1.13 bits per heavy atom. The summed E-state index contributed by atoms with van der Waals surface area (Å²) in [6.07, 6.45) is 1.83. The molecule has 2 aromatic carbocycles. The molecule has 1 heterocycles. The lowest BCUT2D eigenvalue weighted by Gasteiger charge is -2.05. The number of hydrogen-bond donors (Lipinski definition) is 1. The first-order valence-electron chi connectivity index (χ1n) is 7.21. The van der Waals surface area contributed by atoms with E-state index in [2.05, 4.69) is 21.3 Å². The van der Waals surface area contributed by atoms with Gasteiger partial charge in [0, 0.05) is 21.8 Å². The highest BCUT2D eigenvalue weighted by Crippen LogP contribution is 2.37. The molecule has 0 aliphatic carbocycles. The summed E-state index contributed by atoms with van der Waals surface area (Å²) in [6.45, 7) is 4.03. The van der Waals surface area contributed by atoms with Gasteiger partial charge in [-0.05, 0) is 43.7 Å². The molecule has 3 aromatic rings. The number of benzene rings is 2. The van der Waals surface area contributed by atoms with Gasteiger partial charge in [-0.25, -0.2) is 0 Å². The van der Waals surface area contributed by atoms with Crippen molar-refractivity contribution >= 4 is 35.3 Å². The first kappa shape index (κ1) is 15.8. The van der Waals surface area contributed by atoms with E-state index in [9.17, 15) is 0 Å². The zero-order valence-electron chi connectivity index (χ0n) is 12.9. The lowest BCUT2D eigenvalue weighted by atomic mass is 10.2. The topological polar surface area (TPSA) is 41.0 Å². The van der Waals surface area contributed by atoms with Crippen molar-refractivity contribution < 1.29 is 0 Å². The molecule has 5 heteroatoms. The van der Waals surface area contributed by atoms with Crippen LogP contribution in [0.25, 0.3) is 0 Å². The Labute approximate surface area is 144 Å². The highest BCUT2D eigenvalue weighted by Gasteiger charge is 2.10. The Morgan fingerprint density at radius 2 is 1.96 bits per heavy atom. The lowest BCUT2D eigenvalue weighted by molar-refractivity contribution is 1.02. The molecule has 0 aliphatic rings. The number of para-hydroxylation sites is 1. The number of H-pyrrole nitrogens is 1. The summed E-state index contributed by atoms with van der Waals surface area (Å²) in [5, 5.41) is 7.97. The Hall–Kier alpha value is -2.04. The first-order chi connectivity index (χ1) is 11.1. The maximum absolute atomic E-state index is 6.01. The van der Waals surface area contributed by atoms with Crippen molar-refractivity contribution in [2.24, 2.45) is 4.99 Å². The standard InChI is InChI=1S/C18H16ClN3S/c1-12-18(13(2)22-21-12)23-17-9-4-3-8-16(17)20-11-14-6-5-7-15(19)10-14/h3-11H,1-2H3,(H,21,22). The van der Waals surface area contributed by atoms with Gasteiger partial charge in [0.2, 0.25) is 0 Å². The number of halogens is 1. The van der Waals surface area contributed by atoms with E-state index >= 15 is 0 Å². The molecule has 0 bridgehead atoms. The van der Waals surface area contributed by atoms with E-state index in [4.69, 9.17) is 11.6 Å². The fourth-order valence-electron chi connectivity index (χ4n) is 2.18. The van der Waals surface area contributed by atoms with Crippen molar-refractivity contribution in [3.8, 4) is 0 Å². The number of aromatic nitrogens is 2. The number of aliphatic imine (C=N–C) groups is 1. The molecule has 0 spiro atoms. The molecule has 3 nitrogen and oxygen atoms in total. The van der Waals surface area contributed by atoms with Crippen LogP contribution >= 0.6 is 23.4 Å². The second-order valence-electron chi connectivity index (χ2n) is 5.15. The third-order valence-corrected chi connectivity index (χ3v) is 4.95. The molecule has 0 amide bonds. The van der Waals surface area contributed by atoms with Crippen molar-refractivity contribution in [1.82, 2.24) is 10.2 Å². The van der Waals surface area contributed by atoms with Gasteiger partial charge in [0.05, 0.1) is 16.3 Å². The molecule has 0 atom stereocenters. The van der Waals surface area contributed by atoms with Crippen LogP contribution in [0, 0.1) is 13.8 Å². The van der Waals surface area contributed by atoms with Crippen LogP contribution in [0.3, 0.4) is 0 Å². The molecule has 0 saturated carbocycles. The number of aromatic amines is 1. The van der Waals surface area contributed by atoms with Gasteiger partial charge in [-0.15, -0.1) is 0 Å². The first-order valence-corrected chi connectivity index (χ1v) is 8.41. The molecular weight excluding hydrogens is 326 g/mol. The molecule has 23 heavy (non-hydrogen) atoms. The molecule has 116 valence electrons. The zero-order valence-corrected chi connectivity index (χ0v) is 14.4. The summed E-state index contributed by atoms with van der Waals surface area (Å²) >= 11 is 7.69. The van der Waals surface area contributed by atoms with Crippen LogP contribution in [0.1, 0.15) is 17.0 Å². The number of aryl methyl sites for hydroxylation is 2. The van der Waals surface area contributed by atoms with Crippen LogP contribution in [0.4, 0.5) is 5.69 Å². The Morgan fingerprint density at radius 3 is 2.70 bits per heavy atom. The van der Waals surface area contributed by atoms with Gasteiger partial charge < -0.3 is 0 Å². The average Bonchev–Trinajstić information content (AvgIpc) is 2.86. The molecule has 0 fully saturated rings. The van der Waals surface area contributed by atoms with E-state index in [0.29, 0.717) is 5.02 Å². The molecular formula is C18H16ClN3S. The summed E-state index contributed by atoms with van der Waals surface area (Å²) in [7, 11) is 0. The molecule has 1 N–H and O–H groups in total. The Bertz CT molecular complexity index is 835. The fourth-order valence-corrected chi connectivity index (χ4v) is 3.36. The van der Waals surface area contributed by atoms with E-state index in [-0.39, 0.29) is 0 Å². The second kappa shape index (κ2) is 7.02. The largest absolute Gasteiger partial charge is 0.281 e. The summed E-state index contributed by atoms with van der Waals surface area (Å²) in [5.41, 5.74) is 3.98. The predicted molar refractivity (Wildman–Crippen MR) is 97.3 cm³/mol. The molecule has 0 saturated heterocycles. The number of hydrogen-bond acceptors (Lipinski definition) is 3. The minimum absolute atomic E-state index is 0.709. The van der Waals surface area contributed by atoms with Gasteiger partial charge in [-0.3, -0.25) is 10.1 Å². The quantitative estimate of drug-likeness (QED) is 0.629. The van der Waals surface area contributed by atoms with Crippen molar-refractivity contribution in [1.29, 1.82) is 0 Å². The summed E-state index contributed by atoms with van der Waals surface area (Å²) in [4.78, 5) is 6.87. The van der Waals surface area contributed by atoms with Crippen LogP contribution in [0.2, 0.25) is 5.02 Å². The predicted octanol–water partition coefficient (Wildman–Crippen LogP) is 5.58. The van der Waals surface area contributed by atoms with Gasteiger partial charge in [0.15, 0.2) is 0 Å². The second-order valence-corrected chi connectivity index (χ2v) is 6.63. The maximum atomic E-state index is 6.01.